The highest BCUT2D eigenvalue weighted by Crippen LogP contribution is 2.10. The number of rotatable bonds is 6. The summed E-state index contributed by atoms with van der Waals surface area (Å²) in [6, 6.07) is 7.31. The van der Waals surface area contributed by atoms with Gasteiger partial charge in [-0.2, -0.15) is 0 Å². The molecule has 0 aromatic heterocycles. The van der Waals surface area contributed by atoms with Crippen LogP contribution in [0.1, 0.15) is 32.8 Å². The maximum Gasteiger partial charge on any atom is 0.241 e. The van der Waals surface area contributed by atoms with Crippen LogP contribution in [-0.2, 0) is 4.79 Å². The second kappa shape index (κ2) is 6.68. The molecule has 106 valence electrons. The van der Waals surface area contributed by atoms with Crippen molar-refractivity contribution in [3.63, 3.8) is 0 Å². The molecule has 0 aliphatic carbocycles. The van der Waals surface area contributed by atoms with Crippen LogP contribution in [0, 0.1) is 6.92 Å². The van der Waals surface area contributed by atoms with Crippen LogP contribution in [0.5, 0.6) is 0 Å². The first-order valence-electron chi connectivity index (χ1n) is 6.67. The molecule has 19 heavy (non-hydrogen) atoms. The molecule has 1 aromatic rings. The summed E-state index contributed by atoms with van der Waals surface area (Å²) in [6.45, 7) is 7.85. The lowest BCUT2D eigenvalue weighted by molar-refractivity contribution is -0.118. The first-order chi connectivity index (χ1) is 8.84. The number of amides is 1. The van der Waals surface area contributed by atoms with Gasteiger partial charge in [-0.3, -0.25) is 4.79 Å². The van der Waals surface area contributed by atoms with E-state index in [4.69, 9.17) is 0 Å². The second-order valence-electron chi connectivity index (χ2n) is 5.31. The van der Waals surface area contributed by atoms with E-state index in [0.29, 0.717) is 13.0 Å². The first kappa shape index (κ1) is 15.7. The van der Waals surface area contributed by atoms with Gasteiger partial charge in [-0.15, -0.1) is 0 Å². The third kappa shape index (κ3) is 5.41. The van der Waals surface area contributed by atoms with Crippen molar-refractivity contribution < 1.29 is 9.90 Å². The van der Waals surface area contributed by atoms with E-state index in [-0.39, 0.29) is 11.9 Å². The van der Waals surface area contributed by atoms with Crippen molar-refractivity contribution >= 4 is 11.6 Å². The maximum absolute atomic E-state index is 11.9. The Hall–Kier alpha value is -1.39. The van der Waals surface area contributed by atoms with Crippen LogP contribution in [0.4, 0.5) is 5.69 Å². The lowest BCUT2D eigenvalue weighted by atomic mass is 10.0. The summed E-state index contributed by atoms with van der Waals surface area (Å²) < 4.78 is 0. The Morgan fingerprint density at radius 3 is 2.47 bits per heavy atom. The maximum atomic E-state index is 11.9. The number of nitrogens with one attached hydrogen (secondary N) is 2. The molecular formula is C15H24N2O2. The van der Waals surface area contributed by atoms with Crippen molar-refractivity contribution in [3.05, 3.63) is 29.8 Å². The fourth-order valence-corrected chi connectivity index (χ4v) is 1.48. The fraction of sp³-hybridized carbons (Fsp3) is 0.533. The average molecular weight is 264 g/mol. The van der Waals surface area contributed by atoms with Crippen LogP contribution in [0.25, 0.3) is 0 Å². The van der Waals surface area contributed by atoms with Gasteiger partial charge in [0.1, 0.15) is 0 Å². The SMILES string of the molecule is CCC(C)(O)CNC(C)C(=O)Nc1ccc(C)cc1. The molecule has 0 aliphatic heterocycles. The minimum Gasteiger partial charge on any atom is -0.389 e. The van der Waals surface area contributed by atoms with Gasteiger partial charge in [-0.25, -0.2) is 0 Å². The van der Waals surface area contributed by atoms with Crippen molar-refractivity contribution in [3.8, 4) is 0 Å². The molecule has 2 unspecified atom stereocenters. The van der Waals surface area contributed by atoms with Crippen LogP contribution in [0.2, 0.25) is 0 Å². The normalized spacial score (nSPS) is 15.6. The molecule has 0 fully saturated rings. The summed E-state index contributed by atoms with van der Waals surface area (Å²) >= 11 is 0. The summed E-state index contributed by atoms with van der Waals surface area (Å²) in [6.07, 6.45) is 0.645. The van der Waals surface area contributed by atoms with Crippen molar-refractivity contribution in [2.24, 2.45) is 0 Å². The molecule has 3 N–H and O–H groups in total. The molecule has 0 saturated carbocycles. The molecule has 1 aromatic carbocycles. The Labute approximate surface area is 115 Å². The van der Waals surface area contributed by atoms with E-state index >= 15 is 0 Å². The van der Waals surface area contributed by atoms with Crippen molar-refractivity contribution in [2.45, 2.75) is 45.8 Å². The molecule has 0 spiro atoms. The minimum atomic E-state index is -0.779. The highest BCUT2D eigenvalue weighted by atomic mass is 16.3. The minimum absolute atomic E-state index is 0.101. The Morgan fingerprint density at radius 1 is 1.37 bits per heavy atom. The van der Waals surface area contributed by atoms with E-state index in [2.05, 4.69) is 10.6 Å². The van der Waals surface area contributed by atoms with Gasteiger partial charge in [0.2, 0.25) is 5.91 Å². The van der Waals surface area contributed by atoms with E-state index in [0.717, 1.165) is 11.3 Å². The number of carbonyl (C=O) groups excluding carboxylic acids is 1. The predicted octanol–water partition coefficient (Wildman–Crippen LogP) is 2.07. The molecule has 2 atom stereocenters. The number of aryl methyl sites for hydroxylation is 1. The van der Waals surface area contributed by atoms with Gasteiger partial charge in [-0.05, 0) is 39.3 Å². The predicted molar refractivity (Wildman–Crippen MR) is 78.2 cm³/mol. The second-order valence-corrected chi connectivity index (χ2v) is 5.31. The fourth-order valence-electron chi connectivity index (χ4n) is 1.48. The van der Waals surface area contributed by atoms with E-state index in [9.17, 15) is 9.90 Å². The third-order valence-corrected chi connectivity index (χ3v) is 3.26. The molecule has 4 heteroatoms. The highest BCUT2D eigenvalue weighted by molar-refractivity contribution is 5.94. The molecular weight excluding hydrogens is 240 g/mol. The first-order valence-corrected chi connectivity index (χ1v) is 6.67. The standard InChI is InChI=1S/C15H24N2O2/c1-5-15(4,19)10-16-12(3)14(18)17-13-8-6-11(2)7-9-13/h6-9,12,16,19H,5,10H2,1-4H3,(H,17,18). The monoisotopic (exact) mass is 264 g/mol. The Kier molecular flexibility index (Phi) is 5.51. The molecule has 0 heterocycles. The van der Waals surface area contributed by atoms with E-state index in [1.807, 2.05) is 38.1 Å². The van der Waals surface area contributed by atoms with Crippen LogP contribution < -0.4 is 10.6 Å². The van der Waals surface area contributed by atoms with Crippen molar-refractivity contribution in [1.29, 1.82) is 0 Å². The molecule has 0 saturated heterocycles. The smallest absolute Gasteiger partial charge is 0.241 e. The van der Waals surface area contributed by atoms with Crippen LogP contribution in [-0.4, -0.2) is 29.2 Å². The molecule has 0 bridgehead atoms. The summed E-state index contributed by atoms with van der Waals surface area (Å²) in [5, 5.41) is 15.8. The number of hydrogen-bond donors (Lipinski definition) is 3. The Bertz CT molecular complexity index is 413. The largest absolute Gasteiger partial charge is 0.389 e. The quantitative estimate of drug-likeness (QED) is 0.737. The summed E-state index contributed by atoms with van der Waals surface area (Å²) in [7, 11) is 0. The lowest BCUT2D eigenvalue weighted by Gasteiger charge is -2.24. The van der Waals surface area contributed by atoms with Gasteiger partial charge >= 0.3 is 0 Å². The highest BCUT2D eigenvalue weighted by Gasteiger charge is 2.20. The Morgan fingerprint density at radius 2 is 1.95 bits per heavy atom. The molecule has 1 rings (SSSR count). The van der Waals surface area contributed by atoms with Crippen LogP contribution in [0.3, 0.4) is 0 Å². The van der Waals surface area contributed by atoms with Gasteiger partial charge < -0.3 is 15.7 Å². The number of carbonyl (C=O) groups is 1. The zero-order chi connectivity index (χ0) is 14.5. The van der Waals surface area contributed by atoms with Gasteiger partial charge in [-0.1, -0.05) is 24.6 Å². The van der Waals surface area contributed by atoms with Gasteiger partial charge in [0, 0.05) is 12.2 Å². The summed E-state index contributed by atoms with van der Waals surface area (Å²) in [4.78, 5) is 11.9. The number of hydrogen-bond acceptors (Lipinski definition) is 3. The van der Waals surface area contributed by atoms with Crippen molar-refractivity contribution in [1.82, 2.24) is 5.32 Å². The van der Waals surface area contributed by atoms with E-state index in [1.54, 1.807) is 13.8 Å². The zero-order valence-electron chi connectivity index (χ0n) is 12.2. The average Bonchev–Trinajstić information content (AvgIpc) is 2.38. The van der Waals surface area contributed by atoms with E-state index in [1.165, 1.54) is 0 Å². The van der Waals surface area contributed by atoms with Crippen molar-refractivity contribution in [2.75, 3.05) is 11.9 Å². The van der Waals surface area contributed by atoms with Gasteiger partial charge in [0.05, 0.1) is 11.6 Å². The summed E-state index contributed by atoms with van der Waals surface area (Å²) in [5.41, 5.74) is 1.16. The van der Waals surface area contributed by atoms with Crippen LogP contribution >= 0.6 is 0 Å². The molecule has 1 amide bonds. The molecule has 0 radical (unpaired) electrons. The number of aliphatic hydroxyl groups is 1. The van der Waals surface area contributed by atoms with Crippen LogP contribution in [0.15, 0.2) is 24.3 Å². The number of benzene rings is 1. The summed E-state index contributed by atoms with van der Waals surface area (Å²) in [5.74, 6) is -0.101. The Balaban J connectivity index is 2.47. The topological polar surface area (TPSA) is 61.4 Å². The molecule has 0 aliphatic rings. The number of anilines is 1. The van der Waals surface area contributed by atoms with Gasteiger partial charge in [0.15, 0.2) is 0 Å². The third-order valence-electron chi connectivity index (χ3n) is 3.26. The lowest BCUT2D eigenvalue weighted by Crippen LogP contribution is -2.45. The van der Waals surface area contributed by atoms with E-state index < -0.39 is 5.60 Å². The molecule has 4 nitrogen and oxygen atoms in total. The van der Waals surface area contributed by atoms with Gasteiger partial charge in [0.25, 0.3) is 0 Å². The zero-order valence-corrected chi connectivity index (χ0v) is 12.2.